The Bertz CT molecular complexity index is 791. The summed E-state index contributed by atoms with van der Waals surface area (Å²) in [5.74, 6) is -0.403. The number of amides is 2. The maximum Gasteiger partial charge on any atom is 0.269 e. The Morgan fingerprint density at radius 2 is 1.77 bits per heavy atom. The summed E-state index contributed by atoms with van der Waals surface area (Å²) in [6, 6.07) is 14.5. The molecule has 0 spiro atoms. The van der Waals surface area contributed by atoms with Gasteiger partial charge >= 0.3 is 0 Å². The van der Waals surface area contributed by atoms with Crippen molar-refractivity contribution in [2.45, 2.75) is 0 Å². The van der Waals surface area contributed by atoms with Gasteiger partial charge in [0.2, 0.25) is 0 Å². The topological polar surface area (TPSA) is 123 Å². The molecule has 2 amide bonds. The standard InChI is InChI=1S/C17H16N4O5/c22-16(11-18-17(23)12-26-15-4-2-1-3-5-15)20-19-10-13-6-8-14(9-7-13)21(24)25/h1-10H,11-12H2,(H,18,23)(H,20,22)/b19-10+. The lowest BCUT2D eigenvalue weighted by Gasteiger charge is -2.06. The van der Waals surface area contributed by atoms with Crippen molar-refractivity contribution in [2.24, 2.45) is 5.10 Å². The molecule has 9 nitrogen and oxygen atoms in total. The van der Waals surface area contributed by atoms with Gasteiger partial charge in [0.15, 0.2) is 6.61 Å². The van der Waals surface area contributed by atoms with Crippen molar-refractivity contribution in [1.29, 1.82) is 0 Å². The molecule has 0 aliphatic rings. The van der Waals surface area contributed by atoms with Crippen molar-refractivity contribution in [3.05, 3.63) is 70.3 Å². The van der Waals surface area contributed by atoms with E-state index in [1.165, 1.54) is 30.5 Å². The van der Waals surface area contributed by atoms with Gasteiger partial charge in [0.1, 0.15) is 5.75 Å². The van der Waals surface area contributed by atoms with Crippen LogP contribution in [-0.4, -0.2) is 36.1 Å². The van der Waals surface area contributed by atoms with Gasteiger partial charge in [-0.2, -0.15) is 5.10 Å². The molecule has 0 fully saturated rings. The molecule has 0 aliphatic carbocycles. The van der Waals surface area contributed by atoms with E-state index in [9.17, 15) is 19.7 Å². The Morgan fingerprint density at radius 1 is 1.08 bits per heavy atom. The molecule has 2 rings (SSSR count). The molecule has 134 valence electrons. The minimum atomic E-state index is -0.517. The van der Waals surface area contributed by atoms with Gasteiger partial charge in [0.05, 0.1) is 17.7 Å². The molecule has 0 radical (unpaired) electrons. The summed E-state index contributed by atoms with van der Waals surface area (Å²) in [6.07, 6.45) is 1.34. The molecular formula is C17H16N4O5. The molecule has 0 atom stereocenters. The number of para-hydroxylation sites is 1. The van der Waals surface area contributed by atoms with Gasteiger partial charge in [0, 0.05) is 12.1 Å². The maximum atomic E-state index is 11.6. The SMILES string of the molecule is O=C(COc1ccccc1)NCC(=O)N/N=C/c1ccc([N+](=O)[O-])cc1. The van der Waals surface area contributed by atoms with Gasteiger partial charge in [-0.3, -0.25) is 19.7 Å². The molecule has 9 heteroatoms. The number of non-ortho nitro benzene ring substituents is 1. The lowest BCUT2D eigenvalue weighted by atomic mass is 10.2. The summed E-state index contributed by atoms with van der Waals surface area (Å²) in [5, 5.41) is 16.6. The van der Waals surface area contributed by atoms with Crippen LogP contribution in [0.2, 0.25) is 0 Å². The van der Waals surface area contributed by atoms with E-state index in [4.69, 9.17) is 4.74 Å². The van der Waals surface area contributed by atoms with E-state index in [0.29, 0.717) is 11.3 Å². The highest BCUT2D eigenvalue weighted by Crippen LogP contribution is 2.10. The van der Waals surface area contributed by atoms with Crippen LogP contribution in [0.15, 0.2) is 59.7 Å². The van der Waals surface area contributed by atoms with Crippen LogP contribution < -0.4 is 15.5 Å². The molecule has 0 unspecified atom stereocenters. The first-order valence-electron chi connectivity index (χ1n) is 7.55. The number of nitro benzene ring substituents is 1. The largest absolute Gasteiger partial charge is 0.484 e. The van der Waals surface area contributed by atoms with Gasteiger partial charge in [-0.15, -0.1) is 0 Å². The fraction of sp³-hybridized carbons (Fsp3) is 0.118. The maximum absolute atomic E-state index is 11.6. The Kier molecular flexibility index (Phi) is 6.81. The molecule has 26 heavy (non-hydrogen) atoms. The number of carbonyl (C=O) groups is 2. The number of hydrogen-bond donors (Lipinski definition) is 2. The third-order valence-electron chi connectivity index (χ3n) is 3.07. The highest BCUT2D eigenvalue weighted by Gasteiger charge is 2.06. The number of hydrazone groups is 1. The van der Waals surface area contributed by atoms with E-state index in [1.807, 2.05) is 6.07 Å². The monoisotopic (exact) mass is 356 g/mol. The summed E-state index contributed by atoms with van der Waals surface area (Å²) in [5.41, 5.74) is 2.78. The Morgan fingerprint density at radius 3 is 2.42 bits per heavy atom. The summed E-state index contributed by atoms with van der Waals surface area (Å²) >= 11 is 0. The second-order valence-electron chi connectivity index (χ2n) is 5.02. The first-order valence-corrected chi connectivity index (χ1v) is 7.55. The van der Waals surface area contributed by atoms with Gasteiger partial charge in [0.25, 0.3) is 17.5 Å². The average molecular weight is 356 g/mol. The fourth-order valence-corrected chi connectivity index (χ4v) is 1.80. The van der Waals surface area contributed by atoms with Gasteiger partial charge < -0.3 is 10.1 Å². The number of hydrogen-bond acceptors (Lipinski definition) is 6. The Hall–Kier alpha value is -3.75. The zero-order valence-corrected chi connectivity index (χ0v) is 13.6. The van der Waals surface area contributed by atoms with Crippen LogP contribution in [0, 0.1) is 10.1 Å². The Balaban J connectivity index is 1.68. The number of carbonyl (C=O) groups excluding carboxylic acids is 2. The third kappa shape index (κ3) is 6.40. The van der Waals surface area contributed by atoms with Crippen molar-refractivity contribution in [1.82, 2.24) is 10.7 Å². The average Bonchev–Trinajstić information content (AvgIpc) is 2.66. The van der Waals surface area contributed by atoms with Crippen LogP contribution in [-0.2, 0) is 9.59 Å². The predicted octanol–water partition coefficient (Wildman–Crippen LogP) is 1.24. The predicted molar refractivity (Wildman–Crippen MR) is 93.8 cm³/mol. The van der Waals surface area contributed by atoms with E-state index in [2.05, 4.69) is 15.8 Å². The number of rotatable bonds is 8. The summed E-state index contributed by atoms with van der Waals surface area (Å²) in [6.45, 7) is -0.460. The zero-order chi connectivity index (χ0) is 18.8. The van der Waals surface area contributed by atoms with E-state index in [-0.39, 0.29) is 18.8 Å². The summed E-state index contributed by atoms with van der Waals surface area (Å²) in [4.78, 5) is 33.2. The Labute approximate surface area is 148 Å². The zero-order valence-electron chi connectivity index (χ0n) is 13.6. The quantitative estimate of drug-likeness (QED) is 0.418. The first-order chi connectivity index (χ1) is 12.5. The molecule has 0 bridgehead atoms. The van der Waals surface area contributed by atoms with Crippen molar-refractivity contribution >= 4 is 23.7 Å². The van der Waals surface area contributed by atoms with Crippen LogP contribution in [0.5, 0.6) is 5.75 Å². The molecule has 0 saturated heterocycles. The molecule has 2 aromatic rings. The molecule has 2 aromatic carbocycles. The van der Waals surface area contributed by atoms with E-state index in [1.54, 1.807) is 24.3 Å². The van der Waals surface area contributed by atoms with Crippen LogP contribution in [0.25, 0.3) is 0 Å². The highest BCUT2D eigenvalue weighted by atomic mass is 16.6. The molecule has 0 saturated carbocycles. The van der Waals surface area contributed by atoms with E-state index in [0.717, 1.165) is 0 Å². The number of nitrogens with one attached hydrogen (secondary N) is 2. The molecular weight excluding hydrogens is 340 g/mol. The van der Waals surface area contributed by atoms with E-state index < -0.39 is 16.7 Å². The minimum Gasteiger partial charge on any atom is -0.484 e. The van der Waals surface area contributed by atoms with Crippen LogP contribution in [0.1, 0.15) is 5.56 Å². The van der Waals surface area contributed by atoms with Crippen LogP contribution >= 0.6 is 0 Å². The molecule has 0 aliphatic heterocycles. The van der Waals surface area contributed by atoms with Gasteiger partial charge in [-0.1, -0.05) is 18.2 Å². The van der Waals surface area contributed by atoms with Gasteiger partial charge in [-0.05, 0) is 29.8 Å². The smallest absolute Gasteiger partial charge is 0.269 e. The fourth-order valence-electron chi connectivity index (χ4n) is 1.80. The number of nitro groups is 1. The second kappa shape index (κ2) is 9.52. The number of nitrogens with zero attached hydrogens (tertiary/aromatic N) is 2. The van der Waals surface area contributed by atoms with Crippen molar-refractivity contribution < 1.29 is 19.2 Å². The third-order valence-corrected chi connectivity index (χ3v) is 3.07. The van der Waals surface area contributed by atoms with Crippen molar-refractivity contribution in [3.8, 4) is 5.75 Å². The van der Waals surface area contributed by atoms with E-state index >= 15 is 0 Å². The van der Waals surface area contributed by atoms with Crippen LogP contribution in [0.3, 0.4) is 0 Å². The van der Waals surface area contributed by atoms with Crippen molar-refractivity contribution in [2.75, 3.05) is 13.2 Å². The second-order valence-corrected chi connectivity index (χ2v) is 5.02. The minimum absolute atomic E-state index is 0.0355. The molecule has 2 N–H and O–H groups in total. The van der Waals surface area contributed by atoms with Crippen molar-refractivity contribution in [3.63, 3.8) is 0 Å². The number of benzene rings is 2. The van der Waals surface area contributed by atoms with Gasteiger partial charge in [-0.25, -0.2) is 5.43 Å². The summed E-state index contributed by atoms with van der Waals surface area (Å²) < 4.78 is 5.24. The normalized spacial score (nSPS) is 10.3. The lowest BCUT2D eigenvalue weighted by Crippen LogP contribution is -2.37. The molecule has 0 aromatic heterocycles. The van der Waals surface area contributed by atoms with Crippen LogP contribution in [0.4, 0.5) is 5.69 Å². The molecule has 0 heterocycles. The first kappa shape index (κ1) is 18.6. The lowest BCUT2D eigenvalue weighted by molar-refractivity contribution is -0.384. The summed E-state index contributed by atoms with van der Waals surface area (Å²) in [7, 11) is 0. The number of ether oxygens (including phenoxy) is 1. The highest BCUT2D eigenvalue weighted by molar-refractivity contribution is 5.86.